The summed E-state index contributed by atoms with van der Waals surface area (Å²) < 4.78 is 13.9. The van der Waals surface area contributed by atoms with E-state index in [1.807, 2.05) is 6.92 Å². The molecular formula is C13H14BrFN2. The van der Waals surface area contributed by atoms with Crippen molar-refractivity contribution in [2.75, 3.05) is 5.73 Å². The molecule has 0 atom stereocenters. The van der Waals surface area contributed by atoms with Gasteiger partial charge in [-0.3, -0.25) is 4.98 Å². The Kier molecular flexibility index (Phi) is 3.08. The average Bonchev–Trinajstić information content (AvgIpc) is 2.21. The number of anilines is 1. The van der Waals surface area contributed by atoms with Gasteiger partial charge in [-0.05, 0) is 40.4 Å². The van der Waals surface area contributed by atoms with Crippen molar-refractivity contribution in [3.05, 3.63) is 33.7 Å². The predicted molar refractivity (Wildman–Crippen MR) is 72.6 cm³/mol. The first-order chi connectivity index (χ1) is 7.91. The van der Waals surface area contributed by atoms with Crippen LogP contribution in [0.15, 0.2) is 16.6 Å². The third-order valence-electron chi connectivity index (χ3n) is 2.87. The Morgan fingerprint density at radius 1 is 1.35 bits per heavy atom. The third kappa shape index (κ3) is 2.02. The Morgan fingerprint density at radius 2 is 2.00 bits per heavy atom. The van der Waals surface area contributed by atoms with Crippen LogP contribution in [0.3, 0.4) is 0 Å². The zero-order valence-electron chi connectivity index (χ0n) is 10.0. The first-order valence-corrected chi connectivity index (χ1v) is 6.25. The van der Waals surface area contributed by atoms with E-state index in [4.69, 9.17) is 5.73 Å². The van der Waals surface area contributed by atoms with Gasteiger partial charge in [0.1, 0.15) is 5.82 Å². The normalized spacial score (nSPS) is 11.4. The van der Waals surface area contributed by atoms with Gasteiger partial charge in [0, 0.05) is 22.8 Å². The molecular weight excluding hydrogens is 283 g/mol. The number of nitrogen functional groups attached to an aromatic ring is 1. The largest absolute Gasteiger partial charge is 0.398 e. The highest BCUT2D eigenvalue weighted by molar-refractivity contribution is 9.10. The summed E-state index contributed by atoms with van der Waals surface area (Å²) in [5.74, 6) is -0.0168. The summed E-state index contributed by atoms with van der Waals surface area (Å²) in [6.07, 6.45) is 0. The average molecular weight is 297 g/mol. The molecule has 0 aliphatic heterocycles. The first kappa shape index (κ1) is 12.3. The molecule has 2 aromatic rings. The third-order valence-corrected chi connectivity index (χ3v) is 3.48. The summed E-state index contributed by atoms with van der Waals surface area (Å²) in [4.78, 5) is 4.42. The molecule has 0 saturated heterocycles. The van der Waals surface area contributed by atoms with Crippen molar-refractivity contribution in [2.24, 2.45) is 0 Å². The van der Waals surface area contributed by atoms with Gasteiger partial charge in [-0.15, -0.1) is 0 Å². The fraction of sp³-hybridized carbons (Fsp3) is 0.308. The number of rotatable bonds is 1. The van der Waals surface area contributed by atoms with Crippen molar-refractivity contribution in [3.8, 4) is 0 Å². The number of aryl methyl sites for hydroxylation is 1. The highest BCUT2D eigenvalue weighted by Crippen LogP contribution is 2.33. The van der Waals surface area contributed by atoms with E-state index in [0.29, 0.717) is 21.6 Å². The van der Waals surface area contributed by atoms with Gasteiger partial charge in [-0.25, -0.2) is 4.39 Å². The van der Waals surface area contributed by atoms with E-state index in [0.717, 1.165) is 16.6 Å². The van der Waals surface area contributed by atoms with Crippen LogP contribution in [0.2, 0.25) is 0 Å². The quantitative estimate of drug-likeness (QED) is 0.858. The number of pyridine rings is 1. The molecule has 2 N–H and O–H groups in total. The fourth-order valence-corrected chi connectivity index (χ4v) is 2.50. The second kappa shape index (κ2) is 4.26. The molecule has 0 fully saturated rings. The first-order valence-electron chi connectivity index (χ1n) is 5.46. The van der Waals surface area contributed by atoms with Gasteiger partial charge in [-0.1, -0.05) is 13.8 Å². The van der Waals surface area contributed by atoms with Crippen LogP contribution in [-0.4, -0.2) is 4.98 Å². The number of hydrogen-bond acceptors (Lipinski definition) is 2. The standard InChI is InChI=1S/C13H14BrFN2/c1-6(2)12-7(3)17-11-5-10(15)9(14)4-8(11)13(12)16/h4-6H,1-3H3,(H2,16,17). The van der Waals surface area contributed by atoms with Gasteiger partial charge in [0.25, 0.3) is 0 Å². The van der Waals surface area contributed by atoms with E-state index in [1.165, 1.54) is 6.07 Å². The second-order valence-corrected chi connectivity index (χ2v) is 5.32. The minimum Gasteiger partial charge on any atom is -0.398 e. The van der Waals surface area contributed by atoms with Crippen LogP contribution in [0.5, 0.6) is 0 Å². The lowest BCUT2D eigenvalue weighted by Gasteiger charge is -2.15. The zero-order chi connectivity index (χ0) is 12.7. The molecule has 1 aromatic carbocycles. The van der Waals surface area contributed by atoms with E-state index in [2.05, 4.69) is 34.8 Å². The van der Waals surface area contributed by atoms with Gasteiger partial charge in [-0.2, -0.15) is 0 Å². The van der Waals surface area contributed by atoms with Crippen LogP contribution in [0.4, 0.5) is 10.1 Å². The number of nitrogens with zero attached hydrogens (tertiary/aromatic N) is 1. The van der Waals surface area contributed by atoms with Gasteiger partial charge in [0.15, 0.2) is 0 Å². The lowest BCUT2D eigenvalue weighted by molar-refractivity contribution is 0.622. The molecule has 4 heteroatoms. The Bertz CT molecular complexity index is 594. The van der Waals surface area contributed by atoms with Crippen molar-refractivity contribution < 1.29 is 4.39 Å². The van der Waals surface area contributed by atoms with Gasteiger partial charge in [0.2, 0.25) is 0 Å². The second-order valence-electron chi connectivity index (χ2n) is 4.46. The van der Waals surface area contributed by atoms with Crippen molar-refractivity contribution in [1.29, 1.82) is 0 Å². The topological polar surface area (TPSA) is 38.9 Å². The molecule has 1 heterocycles. The van der Waals surface area contributed by atoms with E-state index >= 15 is 0 Å². The summed E-state index contributed by atoms with van der Waals surface area (Å²) in [6.45, 7) is 6.06. The molecule has 90 valence electrons. The van der Waals surface area contributed by atoms with Crippen molar-refractivity contribution in [1.82, 2.24) is 4.98 Å². The molecule has 0 amide bonds. The van der Waals surface area contributed by atoms with E-state index in [9.17, 15) is 4.39 Å². The zero-order valence-corrected chi connectivity index (χ0v) is 11.6. The Morgan fingerprint density at radius 3 is 2.59 bits per heavy atom. The molecule has 0 aliphatic rings. The summed E-state index contributed by atoms with van der Waals surface area (Å²) >= 11 is 3.17. The molecule has 0 bridgehead atoms. The number of nitrogens with two attached hydrogens (primary N) is 1. The number of aromatic nitrogens is 1. The van der Waals surface area contributed by atoms with Gasteiger partial charge >= 0.3 is 0 Å². The Balaban J connectivity index is 2.87. The molecule has 2 nitrogen and oxygen atoms in total. The molecule has 0 aliphatic carbocycles. The minimum atomic E-state index is -0.318. The van der Waals surface area contributed by atoms with Crippen LogP contribution in [0.1, 0.15) is 31.0 Å². The fourth-order valence-electron chi connectivity index (χ4n) is 2.15. The van der Waals surface area contributed by atoms with Gasteiger partial charge in [0.05, 0.1) is 9.99 Å². The predicted octanol–water partition coefficient (Wildman–Crippen LogP) is 4.15. The van der Waals surface area contributed by atoms with Gasteiger partial charge < -0.3 is 5.73 Å². The monoisotopic (exact) mass is 296 g/mol. The summed E-state index contributed by atoms with van der Waals surface area (Å²) in [5, 5.41) is 0.799. The molecule has 17 heavy (non-hydrogen) atoms. The maximum Gasteiger partial charge on any atom is 0.139 e. The summed E-state index contributed by atoms with van der Waals surface area (Å²) in [7, 11) is 0. The van der Waals surface area contributed by atoms with Crippen LogP contribution >= 0.6 is 15.9 Å². The minimum absolute atomic E-state index is 0.302. The van der Waals surface area contributed by atoms with Crippen LogP contribution in [-0.2, 0) is 0 Å². The molecule has 0 unspecified atom stereocenters. The molecule has 0 spiro atoms. The van der Waals surface area contributed by atoms with Crippen molar-refractivity contribution in [2.45, 2.75) is 26.7 Å². The van der Waals surface area contributed by atoms with E-state index in [-0.39, 0.29) is 5.82 Å². The van der Waals surface area contributed by atoms with E-state index in [1.54, 1.807) is 6.07 Å². The maximum absolute atomic E-state index is 13.4. The molecule has 1 aromatic heterocycles. The number of benzene rings is 1. The summed E-state index contributed by atoms with van der Waals surface area (Å²) in [6, 6.07) is 3.10. The van der Waals surface area contributed by atoms with Crippen molar-refractivity contribution in [3.63, 3.8) is 0 Å². The van der Waals surface area contributed by atoms with Crippen LogP contribution in [0.25, 0.3) is 10.9 Å². The maximum atomic E-state index is 13.4. The lowest BCUT2D eigenvalue weighted by Crippen LogP contribution is -2.03. The SMILES string of the molecule is Cc1nc2cc(F)c(Br)cc2c(N)c1C(C)C. The van der Waals surface area contributed by atoms with Crippen LogP contribution in [0, 0.1) is 12.7 Å². The Hall–Kier alpha value is -1.16. The number of fused-ring (bicyclic) bond motifs is 1. The molecule has 0 radical (unpaired) electrons. The smallest absolute Gasteiger partial charge is 0.139 e. The number of halogens is 2. The van der Waals surface area contributed by atoms with Crippen LogP contribution < -0.4 is 5.73 Å². The summed E-state index contributed by atoms with van der Waals surface area (Å²) in [5.41, 5.74) is 9.36. The van der Waals surface area contributed by atoms with E-state index < -0.39 is 0 Å². The molecule has 0 saturated carbocycles. The highest BCUT2D eigenvalue weighted by Gasteiger charge is 2.14. The Labute approximate surface area is 108 Å². The molecule has 2 rings (SSSR count). The highest BCUT2D eigenvalue weighted by atomic mass is 79.9. The number of hydrogen-bond donors (Lipinski definition) is 1. The van der Waals surface area contributed by atoms with Crippen molar-refractivity contribution >= 4 is 32.5 Å². The lowest BCUT2D eigenvalue weighted by atomic mass is 9.97.